The van der Waals surface area contributed by atoms with Crippen LogP contribution in [0.5, 0.6) is 0 Å². The summed E-state index contributed by atoms with van der Waals surface area (Å²) in [5, 5.41) is 0. The molecule has 2 heteroatoms. The van der Waals surface area contributed by atoms with Crippen molar-refractivity contribution in [1.82, 2.24) is 5.43 Å². The van der Waals surface area contributed by atoms with Gasteiger partial charge in [0.1, 0.15) is 0 Å². The van der Waals surface area contributed by atoms with E-state index in [4.69, 9.17) is 5.84 Å². The van der Waals surface area contributed by atoms with E-state index in [1.54, 1.807) is 0 Å². The minimum absolute atomic E-state index is 0.554. The Labute approximate surface area is 115 Å². The Balaban J connectivity index is 3.29. The minimum atomic E-state index is 0.554. The Kier molecular flexibility index (Phi) is 14.9. The van der Waals surface area contributed by atoms with E-state index < -0.39 is 0 Å². The van der Waals surface area contributed by atoms with Gasteiger partial charge in [-0.05, 0) is 12.8 Å². The standard InChI is InChI=1S/C16H36N2/c1-3-5-7-9-11-13-15-16(18-17)14-12-10-8-6-4-2/h16,18H,3-15,17H2,1-2H3. The van der Waals surface area contributed by atoms with Gasteiger partial charge in [-0.15, -0.1) is 0 Å². The van der Waals surface area contributed by atoms with Gasteiger partial charge < -0.3 is 0 Å². The minimum Gasteiger partial charge on any atom is -0.271 e. The smallest absolute Gasteiger partial charge is 0.0210 e. The fraction of sp³-hybridized carbons (Fsp3) is 1.00. The molecule has 0 aliphatic heterocycles. The van der Waals surface area contributed by atoms with Crippen molar-refractivity contribution < 1.29 is 0 Å². The SMILES string of the molecule is CCCCCCCCC(CCCCCCC)NN. The van der Waals surface area contributed by atoms with Crippen LogP contribution in [0.2, 0.25) is 0 Å². The molecule has 1 atom stereocenters. The summed E-state index contributed by atoms with van der Waals surface area (Å²) >= 11 is 0. The molecule has 0 spiro atoms. The number of rotatable bonds is 14. The molecule has 2 nitrogen and oxygen atoms in total. The van der Waals surface area contributed by atoms with Crippen LogP contribution in [0.25, 0.3) is 0 Å². The van der Waals surface area contributed by atoms with Gasteiger partial charge in [0.2, 0.25) is 0 Å². The molecule has 0 aromatic rings. The van der Waals surface area contributed by atoms with Gasteiger partial charge in [-0.1, -0.05) is 84.5 Å². The molecule has 0 aromatic heterocycles. The largest absolute Gasteiger partial charge is 0.271 e. The normalized spacial score (nSPS) is 12.8. The van der Waals surface area contributed by atoms with E-state index in [1.807, 2.05) is 0 Å². The molecule has 0 aliphatic carbocycles. The number of nitrogens with one attached hydrogen (secondary N) is 1. The van der Waals surface area contributed by atoms with E-state index in [0.717, 1.165) is 0 Å². The van der Waals surface area contributed by atoms with Crippen LogP contribution >= 0.6 is 0 Å². The first kappa shape index (κ1) is 17.9. The second kappa shape index (κ2) is 15.0. The molecule has 3 N–H and O–H groups in total. The number of hydrogen-bond donors (Lipinski definition) is 2. The molecule has 0 amide bonds. The molecule has 1 unspecified atom stereocenters. The Hall–Kier alpha value is -0.0800. The molecule has 0 saturated carbocycles. The second-order valence-corrected chi connectivity index (χ2v) is 5.62. The van der Waals surface area contributed by atoms with E-state index in [-0.39, 0.29) is 0 Å². The third-order valence-electron chi connectivity index (χ3n) is 3.80. The highest BCUT2D eigenvalue weighted by Gasteiger charge is 2.05. The van der Waals surface area contributed by atoms with Crippen molar-refractivity contribution in [2.45, 2.75) is 103 Å². The maximum Gasteiger partial charge on any atom is 0.0210 e. The van der Waals surface area contributed by atoms with Crippen LogP contribution in [0.4, 0.5) is 0 Å². The average Bonchev–Trinajstić information content (AvgIpc) is 2.40. The predicted molar refractivity (Wildman–Crippen MR) is 82.5 cm³/mol. The molecule has 0 rings (SSSR count). The van der Waals surface area contributed by atoms with Crippen LogP contribution in [-0.2, 0) is 0 Å². The summed E-state index contributed by atoms with van der Waals surface area (Å²) in [4.78, 5) is 0. The number of unbranched alkanes of at least 4 members (excludes halogenated alkanes) is 9. The first-order valence-corrected chi connectivity index (χ1v) is 8.31. The summed E-state index contributed by atoms with van der Waals surface area (Å²) in [6.07, 6.45) is 17.6. The van der Waals surface area contributed by atoms with E-state index in [2.05, 4.69) is 19.3 Å². The molecule has 0 bridgehead atoms. The molecule has 0 saturated heterocycles. The number of hydrogen-bond acceptors (Lipinski definition) is 2. The van der Waals surface area contributed by atoms with Crippen molar-refractivity contribution in [3.63, 3.8) is 0 Å². The van der Waals surface area contributed by atoms with Crippen molar-refractivity contribution in [1.29, 1.82) is 0 Å². The fourth-order valence-electron chi connectivity index (χ4n) is 2.48. The Morgan fingerprint density at radius 3 is 1.44 bits per heavy atom. The van der Waals surface area contributed by atoms with Gasteiger partial charge in [-0.3, -0.25) is 11.3 Å². The fourth-order valence-corrected chi connectivity index (χ4v) is 2.48. The lowest BCUT2D eigenvalue weighted by Crippen LogP contribution is -2.34. The Bertz CT molecular complexity index is 148. The van der Waals surface area contributed by atoms with Gasteiger partial charge in [0, 0.05) is 6.04 Å². The highest BCUT2D eigenvalue weighted by Crippen LogP contribution is 2.13. The molecule has 0 heterocycles. The van der Waals surface area contributed by atoms with Crippen LogP contribution in [0.15, 0.2) is 0 Å². The summed E-state index contributed by atoms with van der Waals surface area (Å²) < 4.78 is 0. The van der Waals surface area contributed by atoms with E-state index >= 15 is 0 Å². The van der Waals surface area contributed by atoms with E-state index in [9.17, 15) is 0 Å². The Morgan fingerprint density at radius 1 is 0.667 bits per heavy atom. The van der Waals surface area contributed by atoms with Crippen LogP contribution in [0, 0.1) is 0 Å². The topological polar surface area (TPSA) is 38.0 Å². The van der Waals surface area contributed by atoms with Gasteiger partial charge in [-0.25, -0.2) is 0 Å². The summed E-state index contributed by atoms with van der Waals surface area (Å²) in [6, 6.07) is 0.554. The molecule has 0 aliphatic rings. The van der Waals surface area contributed by atoms with E-state index in [1.165, 1.54) is 83.5 Å². The molecule has 18 heavy (non-hydrogen) atoms. The molecular weight excluding hydrogens is 220 g/mol. The summed E-state index contributed by atoms with van der Waals surface area (Å²) in [5.41, 5.74) is 3.00. The molecule has 110 valence electrons. The third kappa shape index (κ3) is 12.4. The van der Waals surface area contributed by atoms with Crippen LogP contribution in [0.3, 0.4) is 0 Å². The molecule has 0 fully saturated rings. The van der Waals surface area contributed by atoms with Gasteiger partial charge in [0.25, 0.3) is 0 Å². The van der Waals surface area contributed by atoms with Crippen LogP contribution < -0.4 is 11.3 Å². The van der Waals surface area contributed by atoms with Crippen molar-refractivity contribution in [3.8, 4) is 0 Å². The lowest BCUT2D eigenvalue weighted by atomic mass is 10.0. The predicted octanol–water partition coefficient (Wildman–Crippen LogP) is 4.93. The highest BCUT2D eigenvalue weighted by molar-refractivity contribution is 4.64. The molecule has 0 aromatic carbocycles. The van der Waals surface area contributed by atoms with Gasteiger partial charge in [-0.2, -0.15) is 0 Å². The quantitative estimate of drug-likeness (QED) is 0.263. The maximum absolute atomic E-state index is 5.63. The zero-order chi connectivity index (χ0) is 13.5. The lowest BCUT2D eigenvalue weighted by Gasteiger charge is -2.15. The second-order valence-electron chi connectivity index (χ2n) is 5.62. The third-order valence-corrected chi connectivity index (χ3v) is 3.80. The zero-order valence-corrected chi connectivity index (χ0v) is 12.8. The first-order valence-electron chi connectivity index (χ1n) is 8.31. The van der Waals surface area contributed by atoms with Gasteiger partial charge in [0.05, 0.1) is 0 Å². The average molecular weight is 256 g/mol. The first-order chi connectivity index (χ1) is 8.85. The summed E-state index contributed by atoms with van der Waals surface area (Å²) in [7, 11) is 0. The number of hydrazine groups is 1. The van der Waals surface area contributed by atoms with Crippen LogP contribution in [0.1, 0.15) is 97.3 Å². The zero-order valence-electron chi connectivity index (χ0n) is 12.8. The van der Waals surface area contributed by atoms with Crippen molar-refractivity contribution in [2.24, 2.45) is 5.84 Å². The summed E-state index contributed by atoms with van der Waals surface area (Å²) in [6.45, 7) is 4.54. The maximum atomic E-state index is 5.63. The summed E-state index contributed by atoms with van der Waals surface area (Å²) in [5.74, 6) is 5.63. The number of nitrogens with two attached hydrogens (primary N) is 1. The van der Waals surface area contributed by atoms with Crippen LogP contribution in [-0.4, -0.2) is 6.04 Å². The van der Waals surface area contributed by atoms with Crippen molar-refractivity contribution in [2.75, 3.05) is 0 Å². The molecular formula is C16H36N2. The van der Waals surface area contributed by atoms with Gasteiger partial charge >= 0.3 is 0 Å². The van der Waals surface area contributed by atoms with E-state index in [0.29, 0.717) is 6.04 Å². The van der Waals surface area contributed by atoms with Gasteiger partial charge in [0.15, 0.2) is 0 Å². The molecule has 0 radical (unpaired) electrons. The lowest BCUT2D eigenvalue weighted by molar-refractivity contribution is 0.419. The van der Waals surface area contributed by atoms with Crippen molar-refractivity contribution in [3.05, 3.63) is 0 Å². The van der Waals surface area contributed by atoms with Crippen molar-refractivity contribution >= 4 is 0 Å². The monoisotopic (exact) mass is 256 g/mol. The Morgan fingerprint density at radius 2 is 1.06 bits per heavy atom. The highest BCUT2D eigenvalue weighted by atomic mass is 15.2.